The van der Waals surface area contributed by atoms with Gasteiger partial charge in [0, 0.05) is 6.61 Å². The summed E-state index contributed by atoms with van der Waals surface area (Å²) < 4.78 is 5.64. The molecule has 1 aromatic carbocycles. The summed E-state index contributed by atoms with van der Waals surface area (Å²) in [6, 6.07) is 8.19. The molecule has 14 heavy (non-hydrogen) atoms. The van der Waals surface area contributed by atoms with Crippen LogP contribution in [0.2, 0.25) is 0 Å². The zero-order chi connectivity index (χ0) is 9.80. The van der Waals surface area contributed by atoms with Gasteiger partial charge in [-0.2, -0.15) is 0 Å². The lowest BCUT2D eigenvalue weighted by atomic mass is 10.1. The lowest BCUT2D eigenvalue weighted by Crippen LogP contribution is -1.96. The van der Waals surface area contributed by atoms with Gasteiger partial charge in [0.1, 0.15) is 5.75 Å². The van der Waals surface area contributed by atoms with E-state index in [1.54, 1.807) is 0 Å². The Morgan fingerprint density at radius 3 is 2.50 bits per heavy atom. The Balaban J connectivity index is 1.88. The fraction of sp³-hybridized carbons (Fsp3) is 0.500. The van der Waals surface area contributed by atoms with E-state index < -0.39 is 0 Å². The SMILES string of the molecule is OCCCc1ccc(OC2CC2)cc1. The minimum Gasteiger partial charge on any atom is -0.490 e. The first-order valence-electron chi connectivity index (χ1n) is 5.25. The van der Waals surface area contributed by atoms with Crippen molar-refractivity contribution in [3.63, 3.8) is 0 Å². The van der Waals surface area contributed by atoms with Crippen molar-refractivity contribution in [2.75, 3.05) is 6.61 Å². The summed E-state index contributed by atoms with van der Waals surface area (Å²) in [6.07, 6.45) is 4.65. The summed E-state index contributed by atoms with van der Waals surface area (Å²) in [5.41, 5.74) is 1.27. The summed E-state index contributed by atoms with van der Waals surface area (Å²) in [4.78, 5) is 0. The second-order valence-corrected chi connectivity index (χ2v) is 3.79. The van der Waals surface area contributed by atoms with Crippen molar-refractivity contribution >= 4 is 0 Å². The molecule has 2 rings (SSSR count). The predicted molar refractivity (Wildman–Crippen MR) is 55.5 cm³/mol. The number of aliphatic hydroxyl groups excluding tert-OH is 1. The molecule has 0 radical (unpaired) electrons. The average Bonchev–Trinajstić information content (AvgIpc) is 3.01. The highest BCUT2D eigenvalue weighted by atomic mass is 16.5. The molecule has 0 heterocycles. The third kappa shape index (κ3) is 2.74. The van der Waals surface area contributed by atoms with Gasteiger partial charge in [0.2, 0.25) is 0 Å². The fourth-order valence-corrected chi connectivity index (χ4v) is 1.40. The first kappa shape index (κ1) is 9.53. The van der Waals surface area contributed by atoms with Crippen molar-refractivity contribution in [1.82, 2.24) is 0 Å². The van der Waals surface area contributed by atoms with Gasteiger partial charge in [0.25, 0.3) is 0 Å². The van der Waals surface area contributed by atoms with Gasteiger partial charge >= 0.3 is 0 Å². The summed E-state index contributed by atoms with van der Waals surface area (Å²) >= 11 is 0. The molecule has 0 aliphatic heterocycles. The lowest BCUT2D eigenvalue weighted by molar-refractivity contribution is 0.288. The van der Waals surface area contributed by atoms with Gasteiger partial charge in [-0.1, -0.05) is 12.1 Å². The Hall–Kier alpha value is -1.02. The van der Waals surface area contributed by atoms with Crippen molar-refractivity contribution in [3.05, 3.63) is 29.8 Å². The van der Waals surface area contributed by atoms with Crippen LogP contribution in [-0.2, 0) is 6.42 Å². The van der Waals surface area contributed by atoms with Gasteiger partial charge in [-0.3, -0.25) is 0 Å². The van der Waals surface area contributed by atoms with E-state index in [0.29, 0.717) is 6.10 Å². The molecular formula is C12H16O2. The Kier molecular flexibility index (Phi) is 3.04. The molecule has 0 amide bonds. The van der Waals surface area contributed by atoms with Crippen LogP contribution in [0.5, 0.6) is 5.75 Å². The molecule has 0 bridgehead atoms. The molecule has 1 aliphatic rings. The molecule has 0 aromatic heterocycles. The van der Waals surface area contributed by atoms with Gasteiger partial charge in [-0.05, 0) is 43.4 Å². The van der Waals surface area contributed by atoms with Crippen LogP contribution in [0.15, 0.2) is 24.3 Å². The minimum absolute atomic E-state index is 0.264. The second kappa shape index (κ2) is 4.47. The average molecular weight is 192 g/mol. The van der Waals surface area contributed by atoms with E-state index in [0.717, 1.165) is 18.6 Å². The summed E-state index contributed by atoms with van der Waals surface area (Å²) in [7, 11) is 0. The number of aliphatic hydroxyl groups is 1. The Morgan fingerprint density at radius 2 is 1.93 bits per heavy atom. The van der Waals surface area contributed by atoms with Crippen LogP contribution in [0, 0.1) is 0 Å². The maximum Gasteiger partial charge on any atom is 0.119 e. The monoisotopic (exact) mass is 192 g/mol. The van der Waals surface area contributed by atoms with Crippen LogP contribution < -0.4 is 4.74 Å². The number of benzene rings is 1. The van der Waals surface area contributed by atoms with Gasteiger partial charge < -0.3 is 9.84 Å². The number of aryl methyl sites for hydroxylation is 1. The zero-order valence-corrected chi connectivity index (χ0v) is 8.28. The summed E-state index contributed by atoms with van der Waals surface area (Å²) in [5, 5.41) is 8.68. The first-order valence-corrected chi connectivity index (χ1v) is 5.25. The van der Waals surface area contributed by atoms with Crippen LogP contribution in [0.3, 0.4) is 0 Å². The molecular weight excluding hydrogens is 176 g/mol. The topological polar surface area (TPSA) is 29.5 Å². The van der Waals surface area contributed by atoms with Crippen LogP contribution in [0.4, 0.5) is 0 Å². The Labute approximate surface area is 84.5 Å². The highest BCUT2D eigenvalue weighted by molar-refractivity contribution is 5.27. The molecule has 0 unspecified atom stereocenters. The standard InChI is InChI=1S/C12H16O2/c13-9-1-2-10-3-5-11(6-4-10)14-12-7-8-12/h3-6,12-13H,1-2,7-9H2. The molecule has 2 nitrogen and oxygen atoms in total. The van der Waals surface area contributed by atoms with Gasteiger partial charge in [-0.15, -0.1) is 0 Å². The van der Waals surface area contributed by atoms with Crippen molar-refractivity contribution in [2.24, 2.45) is 0 Å². The lowest BCUT2D eigenvalue weighted by Gasteiger charge is -2.05. The molecule has 1 saturated carbocycles. The van der Waals surface area contributed by atoms with Crippen molar-refractivity contribution in [1.29, 1.82) is 0 Å². The largest absolute Gasteiger partial charge is 0.490 e. The highest BCUT2D eigenvalue weighted by Crippen LogP contribution is 2.26. The van der Waals surface area contributed by atoms with Gasteiger partial charge in [-0.25, -0.2) is 0 Å². The number of rotatable bonds is 5. The number of ether oxygens (including phenoxy) is 1. The van der Waals surface area contributed by atoms with E-state index in [1.807, 2.05) is 12.1 Å². The van der Waals surface area contributed by atoms with Crippen LogP contribution in [0.1, 0.15) is 24.8 Å². The van der Waals surface area contributed by atoms with Crippen LogP contribution in [0.25, 0.3) is 0 Å². The molecule has 1 N–H and O–H groups in total. The smallest absolute Gasteiger partial charge is 0.119 e. The minimum atomic E-state index is 0.264. The zero-order valence-electron chi connectivity index (χ0n) is 8.28. The van der Waals surface area contributed by atoms with Crippen LogP contribution in [-0.4, -0.2) is 17.8 Å². The van der Waals surface area contributed by atoms with E-state index in [4.69, 9.17) is 9.84 Å². The molecule has 0 atom stereocenters. The molecule has 1 aromatic rings. The van der Waals surface area contributed by atoms with Gasteiger partial charge in [0.05, 0.1) is 6.10 Å². The van der Waals surface area contributed by atoms with Crippen molar-refractivity contribution < 1.29 is 9.84 Å². The molecule has 1 aliphatic carbocycles. The summed E-state index contributed by atoms with van der Waals surface area (Å²) in [5.74, 6) is 0.972. The number of hydrogen-bond acceptors (Lipinski definition) is 2. The normalized spacial score (nSPS) is 15.5. The Bertz CT molecular complexity index is 275. The fourth-order valence-electron chi connectivity index (χ4n) is 1.40. The second-order valence-electron chi connectivity index (χ2n) is 3.79. The number of hydrogen-bond donors (Lipinski definition) is 1. The van der Waals surface area contributed by atoms with E-state index in [9.17, 15) is 0 Å². The summed E-state index contributed by atoms with van der Waals surface area (Å²) in [6.45, 7) is 0.264. The van der Waals surface area contributed by atoms with Crippen LogP contribution >= 0.6 is 0 Å². The van der Waals surface area contributed by atoms with E-state index in [-0.39, 0.29) is 6.61 Å². The highest BCUT2D eigenvalue weighted by Gasteiger charge is 2.23. The molecule has 76 valence electrons. The van der Waals surface area contributed by atoms with Crippen molar-refractivity contribution in [2.45, 2.75) is 31.8 Å². The third-order valence-electron chi connectivity index (χ3n) is 2.37. The Morgan fingerprint density at radius 1 is 1.21 bits per heavy atom. The maximum atomic E-state index is 8.68. The maximum absolute atomic E-state index is 8.68. The van der Waals surface area contributed by atoms with E-state index in [2.05, 4.69) is 12.1 Å². The quantitative estimate of drug-likeness (QED) is 0.774. The van der Waals surface area contributed by atoms with E-state index >= 15 is 0 Å². The van der Waals surface area contributed by atoms with Gasteiger partial charge in [0.15, 0.2) is 0 Å². The molecule has 0 saturated heterocycles. The molecule has 0 spiro atoms. The predicted octanol–water partition coefficient (Wildman–Crippen LogP) is 2.15. The van der Waals surface area contributed by atoms with Crippen molar-refractivity contribution in [3.8, 4) is 5.75 Å². The molecule has 1 fully saturated rings. The first-order chi connectivity index (χ1) is 6.88. The van der Waals surface area contributed by atoms with E-state index in [1.165, 1.54) is 18.4 Å². The third-order valence-corrected chi connectivity index (χ3v) is 2.37. The molecule has 2 heteroatoms.